The molecule has 8 heteroatoms. The van der Waals surface area contributed by atoms with E-state index >= 15 is 0 Å². The lowest BCUT2D eigenvalue weighted by Gasteiger charge is -2.25. The SMILES string of the molecule is CCN(C(C)CC(=O)O)S(=O)(=O)c1cc(C)c(Cl)s1. The number of thiophene rings is 1. The van der Waals surface area contributed by atoms with Crippen LogP contribution in [0.25, 0.3) is 0 Å². The van der Waals surface area contributed by atoms with Gasteiger partial charge in [-0.1, -0.05) is 18.5 Å². The molecule has 0 fully saturated rings. The molecule has 0 amide bonds. The first-order valence-electron chi connectivity index (χ1n) is 5.69. The number of aliphatic carboxylic acids is 1. The number of nitrogens with zero attached hydrogens (tertiary/aromatic N) is 1. The summed E-state index contributed by atoms with van der Waals surface area (Å²) in [5, 5.41) is 8.77. The summed E-state index contributed by atoms with van der Waals surface area (Å²) < 4.78 is 26.6. The van der Waals surface area contributed by atoms with Crippen LogP contribution in [0.1, 0.15) is 25.8 Å². The molecule has 1 unspecified atom stereocenters. The number of carboxylic acids is 1. The molecule has 108 valence electrons. The third-order valence-corrected chi connectivity index (χ3v) is 6.76. The van der Waals surface area contributed by atoms with Gasteiger partial charge in [-0.15, -0.1) is 11.3 Å². The highest BCUT2D eigenvalue weighted by Gasteiger charge is 2.30. The minimum Gasteiger partial charge on any atom is -0.481 e. The Bertz CT molecular complexity index is 548. The summed E-state index contributed by atoms with van der Waals surface area (Å²) in [6, 6.07) is 0.909. The van der Waals surface area contributed by atoms with Crippen molar-refractivity contribution in [1.29, 1.82) is 0 Å². The van der Waals surface area contributed by atoms with Crippen LogP contribution in [0.2, 0.25) is 4.34 Å². The molecule has 5 nitrogen and oxygen atoms in total. The highest BCUT2D eigenvalue weighted by Crippen LogP contribution is 2.32. The van der Waals surface area contributed by atoms with E-state index in [0.29, 0.717) is 9.90 Å². The molecule has 0 aliphatic heterocycles. The quantitative estimate of drug-likeness (QED) is 0.872. The van der Waals surface area contributed by atoms with Crippen LogP contribution in [0, 0.1) is 6.92 Å². The van der Waals surface area contributed by atoms with Crippen molar-refractivity contribution in [2.75, 3.05) is 6.54 Å². The Morgan fingerprint density at radius 3 is 2.53 bits per heavy atom. The molecule has 1 atom stereocenters. The fraction of sp³-hybridized carbons (Fsp3) is 0.545. The molecule has 1 heterocycles. The topological polar surface area (TPSA) is 74.7 Å². The van der Waals surface area contributed by atoms with Gasteiger partial charge in [0.2, 0.25) is 0 Å². The van der Waals surface area contributed by atoms with E-state index in [0.717, 1.165) is 11.3 Å². The van der Waals surface area contributed by atoms with Gasteiger partial charge in [0.15, 0.2) is 0 Å². The second kappa shape index (κ2) is 6.21. The van der Waals surface area contributed by atoms with Gasteiger partial charge in [-0.25, -0.2) is 8.42 Å². The third kappa shape index (κ3) is 3.68. The molecule has 1 aromatic heterocycles. The van der Waals surface area contributed by atoms with Crippen molar-refractivity contribution in [2.45, 2.75) is 37.4 Å². The molecule has 1 aromatic rings. The van der Waals surface area contributed by atoms with E-state index in [1.54, 1.807) is 20.8 Å². The molecule has 0 aliphatic carbocycles. The third-order valence-electron chi connectivity index (χ3n) is 2.67. The maximum absolute atomic E-state index is 12.4. The number of hydrogen-bond acceptors (Lipinski definition) is 4. The lowest BCUT2D eigenvalue weighted by atomic mass is 10.2. The van der Waals surface area contributed by atoms with Gasteiger partial charge in [0, 0.05) is 12.6 Å². The summed E-state index contributed by atoms with van der Waals surface area (Å²) in [4.78, 5) is 10.7. The Hall–Kier alpha value is -0.630. The molecule has 1 rings (SSSR count). The summed E-state index contributed by atoms with van der Waals surface area (Å²) in [6.45, 7) is 5.20. The predicted molar refractivity (Wildman–Crippen MR) is 75.3 cm³/mol. The summed E-state index contributed by atoms with van der Waals surface area (Å²) in [6.07, 6.45) is -0.231. The molecule has 0 radical (unpaired) electrons. The number of sulfonamides is 1. The second-order valence-electron chi connectivity index (χ2n) is 4.18. The van der Waals surface area contributed by atoms with Crippen molar-refractivity contribution < 1.29 is 18.3 Å². The van der Waals surface area contributed by atoms with Gasteiger partial charge >= 0.3 is 5.97 Å². The van der Waals surface area contributed by atoms with Gasteiger partial charge in [-0.05, 0) is 25.5 Å². The first-order valence-corrected chi connectivity index (χ1v) is 8.33. The fourth-order valence-corrected chi connectivity index (χ4v) is 5.22. The van der Waals surface area contributed by atoms with Gasteiger partial charge in [-0.2, -0.15) is 4.31 Å². The lowest BCUT2D eigenvalue weighted by Crippen LogP contribution is -2.39. The van der Waals surface area contributed by atoms with Gasteiger partial charge < -0.3 is 5.11 Å². The maximum atomic E-state index is 12.4. The zero-order valence-corrected chi connectivity index (χ0v) is 13.3. The molecular formula is C11H16ClNO4S2. The zero-order chi connectivity index (χ0) is 14.8. The Kier molecular flexibility index (Phi) is 5.37. The fourth-order valence-electron chi connectivity index (χ4n) is 1.75. The Morgan fingerprint density at radius 1 is 1.58 bits per heavy atom. The lowest BCUT2D eigenvalue weighted by molar-refractivity contribution is -0.137. The molecule has 19 heavy (non-hydrogen) atoms. The van der Waals surface area contributed by atoms with Crippen LogP contribution in [0.3, 0.4) is 0 Å². The largest absolute Gasteiger partial charge is 0.481 e. The zero-order valence-electron chi connectivity index (χ0n) is 10.9. The van der Waals surface area contributed by atoms with Crippen LogP contribution >= 0.6 is 22.9 Å². The van der Waals surface area contributed by atoms with E-state index in [4.69, 9.17) is 16.7 Å². The van der Waals surface area contributed by atoms with E-state index in [9.17, 15) is 13.2 Å². The number of halogens is 1. The van der Waals surface area contributed by atoms with Gasteiger partial charge in [-0.3, -0.25) is 4.79 Å². The number of aryl methyl sites for hydroxylation is 1. The highest BCUT2D eigenvalue weighted by atomic mass is 35.5. The van der Waals surface area contributed by atoms with E-state index in [-0.39, 0.29) is 17.2 Å². The summed E-state index contributed by atoms with van der Waals surface area (Å²) in [5.41, 5.74) is 0.701. The van der Waals surface area contributed by atoms with Crippen LogP contribution in [0.4, 0.5) is 0 Å². The first-order chi connectivity index (χ1) is 8.70. The van der Waals surface area contributed by atoms with Gasteiger partial charge in [0.05, 0.1) is 10.8 Å². The summed E-state index contributed by atoms with van der Waals surface area (Å²) >= 11 is 6.88. The normalized spacial score (nSPS) is 13.7. The number of carboxylic acid groups (broad SMARTS) is 1. The van der Waals surface area contributed by atoms with Crippen molar-refractivity contribution >= 4 is 38.9 Å². The van der Waals surface area contributed by atoms with Crippen molar-refractivity contribution in [3.05, 3.63) is 16.0 Å². The number of rotatable bonds is 6. The molecule has 0 bridgehead atoms. The first kappa shape index (κ1) is 16.4. The van der Waals surface area contributed by atoms with Gasteiger partial charge in [0.25, 0.3) is 10.0 Å². The molecular weight excluding hydrogens is 310 g/mol. The average Bonchev–Trinajstić information content (AvgIpc) is 2.59. The van der Waals surface area contributed by atoms with Crippen molar-refractivity contribution in [3.63, 3.8) is 0 Å². The molecule has 0 aromatic carbocycles. The molecule has 1 N–H and O–H groups in total. The standard InChI is InChI=1S/C11H16ClNO4S2/c1-4-13(8(3)6-9(14)15)19(16,17)10-5-7(2)11(12)18-10/h5,8H,4,6H2,1-3H3,(H,14,15). The van der Waals surface area contributed by atoms with Crippen LogP contribution in [0.5, 0.6) is 0 Å². The molecule has 0 aliphatic rings. The molecule has 0 saturated carbocycles. The minimum absolute atomic E-state index is 0.147. The molecule has 0 saturated heterocycles. The molecule has 0 spiro atoms. The average molecular weight is 326 g/mol. The predicted octanol–water partition coefficient (Wildman–Crippen LogP) is 2.58. The Balaban J connectivity index is 3.12. The van der Waals surface area contributed by atoms with Crippen molar-refractivity contribution in [2.24, 2.45) is 0 Å². The minimum atomic E-state index is -3.69. The van der Waals surface area contributed by atoms with E-state index in [1.807, 2.05) is 0 Å². The van der Waals surface area contributed by atoms with E-state index in [1.165, 1.54) is 10.4 Å². The number of carbonyl (C=O) groups is 1. The second-order valence-corrected chi connectivity index (χ2v) is 7.95. The summed E-state index contributed by atoms with van der Waals surface area (Å²) in [7, 11) is -3.69. The van der Waals surface area contributed by atoms with Gasteiger partial charge in [0.1, 0.15) is 4.21 Å². The van der Waals surface area contributed by atoms with E-state index in [2.05, 4.69) is 0 Å². The highest BCUT2D eigenvalue weighted by molar-refractivity contribution is 7.91. The van der Waals surface area contributed by atoms with E-state index < -0.39 is 22.0 Å². The maximum Gasteiger partial charge on any atom is 0.304 e. The summed E-state index contributed by atoms with van der Waals surface area (Å²) in [5.74, 6) is -1.03. The smallest absolute Gasteiger partial charge is 0.304 e. The Morgan fingerprint density at radius 2 is 2.16 bits per heavy atom. The monoisotopic (exact) mass is 325 g/mol. The Labute approximate surface area is 121 Å². The van der Waals surface area contributed by atoms with Crippen LogP contribution in [-0.2, 0) is 14.8 Å². The number of hydrogen-bond donors (Lipinski definition) is 1. The van der Waals surface area contributed by atoms with Crippen LogP contribution in [-0.4, -0.2) is 36.4 Å². The van der Waals surface area contributed by atoms with Crippen molar-refractivity contribution in [1.82, 2.24) is 4.31 Å². The van der Waals surface area contributed by atoms with Crippen molar-refractivity contribution in [3.8, 4) is 0 Å². The van der Waals surface area contributed by atoms with Crippen LogP contribution in [0.15, 0.2) is 10.3 Å². The van der Waals surface area contributed by atoms with Crippen LogP contribution < -0.4 is 0 Å².